The van der Waals surface area contributed by atoms with Crippen LogP contribution >= 0.6 is 0 Å². The van der Waals surface area contributed by atoms with Crippen molar-refractivity contribution >= 4 is 5.97 Å². The minimum Gasteiger partial charge on any atom is -0.465 e. The molecule has 14 heavy (non-hydrogen) atoms. The third kappa shape index (κ3) is 3.66. The van der Waals surface area contributed by atoms with Gasteiger partial charge in [0.2, 0.25) is 0 Å². The van der Waals surface area contributed by atoms with Crippen LogP contribution in [0.25, 0.3) is 0 Å². The molecule has 1 aliphatic heterocycles. The normalized spacial score (nSPS) is 26.0. The molecule has 0 saturated carbocycles. The van der Waals surface area contributed by atoms with Crippen LogP contribution in [-0.2, 0) is 14.3 Å². The van der Waals surface area contributed by atoms with Crippen molar-refractivity contribution in [2.24, 2.45) is 5.41 Å². The summed E-state index contributed by atoms with van der Waals surface area (Å²) in [7, 11) is 0. The van der Waals surface area contributed by atoms with Crippen LogP contribution in [0.2, 0.25) is 0 Å². The molecule has 3 heteroatoms. The second kappa shape index (κ2) is 3.89. The van der Waals surface area contributed by atoms with Crippen molar-refractivity contribution in [2.75, 3.05) is 13.2 Å². The van der Waals surface area contributed by atoms with E-state index >= 15 is 0 Å². The van der Waals surface area contributed by atoms with Gasteiger partial charge in [0.15, 0.2) is 0 Å². The topological polar surface area (TPSA) is 38.8 Å². The summed E-state index contributed by atoms with van der Waals surface area (Å²) in [4.78, 5) is 11.4. The molecule has 1 unspecified atom stereocenters. The van der Waals surface area contributed by atoms with Crippen molar-refractivity contribution in [1.29, 1.82) is 0 Å². The van der Waals surface area contributed by atoms with E-state index in [1.165, 1.54) is 0 Å². The highest BCUT2D eigenvalue weighted by Crippen LogP contribution is 2.31. The summed E-state index contributed by atoms with van der Waals surface area (Å²) >= 11 is 0. The number of carbonyl (C=O) groups is 1. The molecule has 0 bridgehead atoms. The monoisotopic (exact) mass is 200 g/mol. The van der Waals surface area contributed by atoms with Crippen LogP contribution in [0, 0.1) is 5.41 Å². The molecule has 1 saturated heterocycles. The van der Waals surface area contributed by atoms with Gasteiger partial charge < -0.3 is 9.47 Å². The predicted molar refractivity (Wildman–Crippen MR) is 54.0 cm³/mol. The van der Waals surface area contributed by atoms with Gasteiger partial charge in [0.25, 0.3) is 0 Å². The molecule has 0 spiro atoms. The van der Waals surface area contributed by atoms with Crippen molar-refractivity contribution in [2.45, 2.75) is 46.1 Å². The molecule has 0 aromatic rings. The zero-order chi connectivity index (χ0) is 10.8. The molecule has 0 aromatic carbocycles. The van der Waals surface area contributed by atoms with E-state index in [9.17, 15) is 4.79 Å². The van der Waals surface area contributed by atoms with Gasteiger partial charge in [0.05, 0.1) is 24.2 Å². The summed E-state index contributed by atoms with van der Waals surface area (Å²) in [5.74, 6) is -0.126. The van der Waals surface area contributed by atoms with Gasteiger partial charge in [-0.3, -0.25) is 4.79 Å². The van der Waals surface area contributed by atoms with Gasteiger partial charge in [-0.05, 0) is 40.5 Å². The van der Waals surface area contributed by atoms with Crippen LogP contribution in [0.3, 0.4) is 0 Å². The van der Waals surface area contributed by atoms with Crippen molar-refractivity contribution in [1.82, 2.24) is 0 Å². The number of epoxide rings is 1. The molecule has 1 fully saturated rings. The largest absolute Gasteiger partial charge is 0.465 e. The Balaban J connectivity index is 2.06. The average Bonchev–Trinajstić information content (AvgIpc) is 2.76. The highest BCUT2D eigenvalue weighted by Gasteiger charge is 2.38. The number of hydrogen-bond acceptors (Lipinski definition) is 3. The number of carbonyl (C=O) groups excluding carboxylic acids is 1. The molecule has 3 nitrogen and oxygen atoms in total. The number of hydrogen-bond donors (Lipinski definition) is 0. The first-order valence-corrected chi connectivity index (χ1v) is 5.15. The van der Waals surface area contributed by atoms with Gasteiger partial charge in [0, 0.05) is 0 Å². The lowest BCUT2D eigenvalue weighted by atomic mass is 9.97. The van der Waals surface area contributed by atoms with Gasteiger partial charge in [-0.2, -0.15) is 0 Å². The van der Waals surface area contributed by atoms with Crippen LogP contribution in [0.4, 0.5) is 0 Å². The van der Waals surface area contributed by atoms with E-state index in [2.05, 4.69) is 6.92 Å². The van der Waals surface area contributed by atoms with Crippen LogP contribution in [0.15, 0.2) is 0 Å². The van der Waals surface area contributed by atoms with E-state index < -0.39 is 0 Å². The fourth-order valence-electron chi connectivity index (χ4n) is 1.10. The summed E-state index contributed by atoms with van der Waals surface area (Å²) in [6, 6.07) is 0. The van der Waals surface area contributed by atoms with Crippen LogP contribution in [-0.4, -0.2) is 24.8 Å². The average molecular weight is 200 g/mol. The quantitative estimate of drug-likeness (QED) is 0.396. The van der Waals surface area contributed by atoms with Crippen LogP contribution < -0.4 is 0 Å². The Bertz CT molecular complexity index is 211. The van der Waals surface area contributed by atoms with Crippen molar-refractivity contribution in [3.63, 3.8) is 0 Å². The molecule has 0 radical (unpaired) electrons. The Kier molecular flexibility index (Phi) is 3.20. The lowest BCUT2D eigenvalue weighted by Crippen LogP contribution is -2.23. The molecule has 1 atom stereocenters. The fourth-order valence-corrected chi connectivity index (χ4v) is 1.10. The number of ether oxygens (including phenoxy) is 2. The van der Waals surface area contributed by atoms with E-state index in [-0.39, 0.29) is 17.0 Å². The van der Waals surface area contributed by atoms with Gasteiger partial charge in [-0.25, -0.2) is 0 Å². The second-order valence-electron chi connectivity index (χ2n) is 5.23. The first-order chi connectivity index (χ1) is 6.33. The summed E-state index contributed by atoms with van der Waals surface area (Å²) in [5.41, 5.74) is -0.311. The van der Waals surface area contributed by atoms with Crippen molar-refractivity contribution in [3.8, 4) is 0 Å². The summed E-state index contributed by atoms with van der Waals surface area (Å²) < 4.78 is 10.4. The number of esters is 1. The van der Waals surface area contributed by atoms with E-state index in [4.69, 9.17) is 9.47 Å². The number of rotatable bonds is 4. The van der Waals surface area contributed by atoms with Crippen LogP contribution in [0.5, 0.6) is 0 Å². The molecular weight excluding hydrogens is 180 g/mol. The lowest BCUT2D eigenvalue weighted by Gasteiger charge is -2.16. The molecule has 1 heterocycles. The lowest BCUT2D eigenvalue weighted by molar-refractivity contribution is -0.153. The van der Waals surface area contributed by atoms with E-state index in [1.807, 2.05) is 20.8 Å². The van der Waals surface area contributed by atoms with Crippen molar-refractivity contribution < 1.29 is 14.3 Å². The first kappa shape index (κ1) is 11.5. The Morgan fingerprint density at radius 1 is 1.50 bits per heavy atom. The van der Waals surface area contributed by atoms with Gasteiger partial charge in [-0.15, -0.1) is 0 Å². The second-order valence-corrected chi connectivity index (χ2v) is 5.23. The van der Waals surface area contributed by atoms with Gasteiger partial charge in [0.1, 0.15) is 0 Å². The predicted octanol–water partition coefficient (Wildman–Crippen LogP) is 2.14. The summed E-state index contributed by atoms with van der Waals surface area (Å²) in [6.45, 7) is 9.02. The molecule has 0 aromatic heterocycles. The Labute approximate surface area is 85.8 Å². The third-order valence-electron chi connectivity index (χ3n) is 2.33. The zero-order valence-electron chi connectivity index (χ0n) is 9.55. The van der Waals surface area contributed by atoms with Gasteiger partial charge in [-0.1, -0.05) is 0 Å². The summed E-state index contributed by atoms with van der Waals surface area (Å²) in [5, 5.41) is 0. The molecule has 1 aliphatic rings. The summed E-state index contributed by atoms with van der Waals surface area (Å²) in [6.07, 6.45) is 1.86. The standard InChI is InChI=1S/C11H20O3/c1-10(2,3)9(12)13-7-5-6-11(4)8-14-11/h5-8H2,1-4H3. The minimum absolute atomic E-state index is 0.0775. The van der Waals surface area contributed by atoms with Gasteiger partial charge >= 0.3 is 5.97 Å². The first-order valence-electron chi connectivity index (χ1n) is 5.15. The molecule has 0 aliphatic carbocycles. The minimum atomic E-state index is -0.389. The molecule has 82 valence electrons. The molecular formula is C11H20O3. The molecule has 0 amide bonds. The SMILES string of the molecule is CC1(CCCOC(=O)C(C)(C)C)CO1. The van der Waals surface area contributed by atoms with E-state index in [0.717, 1.165) is 19.4 Å². The van der Waals surface area contributed by atoms with Crippen LogP contribution in [0.1, 0.15) is 40.5 Å². The fraction of sp³-hybridized carbons (Fsp3) is 0.909. The highest BCUT2D eigenvalue weighted by molar-refractivity contribution is 5.75. The molecule has 0 N–H and O–H groups in total. The third-order valence-corrected chi connectivity index (χ3v) is 2.33. The maximum absolute atomic E-state index is 11.4. The van der Waals surface area contributed by atoms with E-state index in [0.29, 0.717) is 6.61 Å². The Morgan fingerprint density at radius 3 is 2.50 bits per heavy atom. The van der Waals surface area contributed by atoms with Crippen molar-refractivity contribution in [3.05, 3.63) is 0 Å². The van der Waals surface area contributed by atoms with E-state index in [1.54, 1.807) is 0 Å². The Hall–Kier alpha value is -0.570. The zero-order valence-corrected chi connectivity index (χ0v) is 9.55. The maximum atomic E-state index is 11.4. The highest BCUT2D eigenvalue weighted by atomic mass is 16.6. The molecule has 1 rings (SSSR count). The Morgan fingerprint density at radius 2 is 2.07 bits per heavy atom. The maximum Gasteiger partial charge on any atom is 0.311 e. The smallest absolute Gasteiger partial charge is 0.311 e.